The highest BCUT2D eigenvalue weighted by atomic mass is 16.6. The molecule has 5 rings (SSSR count). The number of aliphatic hydroxyl groups is 1. The Hall–Kier alpha value is -1.69. The molecule has 0 aromatic heterocycles. The van der Waals surface area contributed by atoms with Gasteiger partial charge < -0.3 is 14.9 Å². The Kier molecular flexibility index (Phi) is 6.58. The molecule has 2 N–H and O–H groups in total. The van der Waals surface area contributed by atoms with Crippen molar-refractivity contribution in [2.75, 3.05) is 6.61 Å². The summed E-state index contributed by atoms with van der Waals surface area (Å²) >= 11 is 0. The molecule has 10 atom stereocenters. The molecular weight excluding hydrogens is 490 g/mol. The van der Waals surface area contributed by atoms with Crippen LogP contribution in [0.25, 0.3) is 0 Å². The fourth-order valence-electron chi connectivity index (χ4n) is 11.5. The normalized spacial score (nSPS) is 50.3. The van der Waals surface area contributed by atoms with Crippen LogP contribution in [0, 0.1) is 50.7 Å². The predicted octanol–water partition coefficient (Wildman–Crippen LogP) is 6.46. The Morgan fingerprint density at radius 3 is 2.36 bits per heavy atom. The number of fused-ring (bicyclic) bond motifs is 7. The van der Waals surface area contributed by atoms with Gasteiger partial charge >= 0.3 is 11.9 Å². The fourth-order valence-corrected chi connectivity index (χ4v) is 11.5. The lowest BCUT2D eigenvalue weighted by Crippen LogP contribution is -2.73. The summed E-state index contributed by atoms with van der Waals surface area (Å²) in [6, 6.07) is 0. The van der Waals surface area contributed by atoms with Crippen LogP contribution in [-0.2, 0) is 14.3 Å². The molecule has 10 unspecified atom stereocenters. The highest BCUT2D eigenvalue weighted by Crippen LogP contribution is 2.78. The highest BCUT2D eigenvalue weighted by Gasteiger charge is 2.75. The number of hydrogen-bond donors (Lipinski definition) is 2. The van der Waals surface area contributed by atoms with Crippen LogP contribution < -0.4 is 0 Å². The van der Waals surface area contributed by atoms with Crippen molar-refractivity contribution in [3.63, 3.8) is 0 Å². The molecule has 5 aliphatic carbocycles. The van der Waals surface area contributed by atoms with Gasteiger partial charge in [-0.25, -0.2) is 4.79 Å². The van der Waals surface area contributed by atoms with E-state index >= 15 is 0 Å². The first kappa shape index (κ1) is 28.8. The van der Waals surface area contributed by atoms with Gasteiger partial charge in [-0.05, 0) is 104 Å². The SMILES string of the molecule is C=NC12CC=C3C4C(C)C(C)CCC4(C(=O)OCC(=O)O)CCC3(C)C1(C)CCC1C(C)(C)C(O)CCC12C. The molecule has 0 aliphatic heterocycles. The minimum absolute atomic E-state index is 0.0380. The van der Waals surface area contributed by atoms with Gasteiger partial charge in [0.15, 0.2) is 6.61 Å². The number of nitrogens with zero attached hydrogens (tertiary/aromatic N) is 1. The van der Waals surface area contributed by atoms with Crippen LogP contribution in [0.15, 0.2) is 16.6 Å². The number of ether oxygens (including phenoxy) is 1. The topological polar surface area (TPSA) is 96.2 Å². The first-order chi connectivity index (χ1) is 18.1. The summed E-state index contributed by atoms with van der Waals surface area (Å²) in [6.07, 6.45) is 10.0. The van der Waals surface area contributed by atoms with E-state index in [1.165, 1.54) is 5.57 Å². The van der Waals surface area contributed by atoms with E-state index in [0.29, 0.717) is 24.2 Å². The lowest BCUT2D eigenvalue weighted by Gasteiger charge is -2.74. The molecule has 0 spiro atoms. The highest BCUT2D eigenvalue weighted by molar-refractivity contribution is 5.81. The number of aliphatic hydroxyl groups excluding tert-OH is 1. The van der Waals surface area contributed by atoms with Crippen LogP contribution in [0.2, 0.25) is 0 Å². The second-order valence-corrected chi connectivity index (χ2v) is 15.4. The van der Waals surface area contributed by atoms with Gasteiger partial charge in [-0.15, -0.1) is 0 Å². The average Bonchev–Trinajstić information content (AvgIpc) is 2.87. The first-order valence-corrected chi connectivity index (χ1v) is 15.3. The molecule has 0 amide bonds. The first-order valence-electron chi connectivity index (χ1n) is 15.3. The van der Waals surface area contributed by atoms with Crippen molar-refractivity contribution < 1.29 is 24.5 Å². The molecule has 4 fully saturated rings. The summed E-state index contributed by atoms with van der Waals surface area (Å²) in [5.74, 6) is -0.260. The molecule has 39 heavy (non-hydrogen) atoms. The molecule has 0 radical (unpaired) electrons. The molecule has 5 aliphatic rings. The summed E-state index contributed by atoms with van der Waals surface area (Å²) in [7, 11) is 0. The van der Waals surface area contributed by atoms with Crippen molar-refractivity contribution in [1.82, 2.24) is 0 Å². The number of carbonyl (C=O) groups is 2. The summed E-state index contributed by atoms with van der Waals surface area (Å²) in [4.78, 5) is 30.2. The van der Waals surface area contributed by atoms with Gasteiger partial charge in [-0.1, -0.05) is 60.1 Å². The van der Waals surface area contributed by atoms with Crippen LogP contribution >= 0.6 is 0 Å². The number of carboxylic acids is 1. The minimum atomic E-state index is -1.11. The molecule has 6 heteroatoms. The third kappa shape index (κ3) is 3.39. The quantitative estimate of drug-likeness (QED) is 0.242. The number of carboxylic acid groups (broad SMARTS) is 1. The van der Waals surface area contributed by atoms with Crippen LogP contribution in [0.5, 0.6) is 0 Å². The van der Waals surface area contributed by atoms with Crippen LogP contribution in [0.4, 0.5) is 0 Å². The number of aliphatic carboxylic acids is 1. The average molecular weight is 542 g/mol. The van der Waals surface area contributed by atoms with Crippen LogP contribution in [-0.4, -0.2) is 47.1 Å². The molecule has 0 heterocycles. The summed E-state index contributed by atoms with van der Waals surface area (Å²) < 4.78 is 5.47. The van der Waals surface area contributed by atoms with Crippen molar-refractivity contribution in [1.29, 1.82) is 0 Å². The number of hydrogen-bond acceptors (Lipinski definition) is 5. The van der Waals surface area contributed by atoms with E-state index in [2.05, 4.69) is 61.3 Å². The van der Waals surface area contributed by atoms with Crippen molar-refractivity contribution in [3.05, 3.63) is 11.6 Å². The Labute approximate surface area is 235 Å². The molecule has 0 saturated heterocycles. The zero-order valence-corrected chi connectivity index (χ0v) is 25.3. The number of carbonyl (C=O) groups excluding carboxylic acids is 1. The predicted molar refractivity (Wildman–Crippen MR) is 152 cm³/mol. The third-order valence-electron chi connectivity index (χ3n) is 14.2. The molecule has 6 nitrogen and oxygen atoms in total. The van der Waals surface area contributed by atoms with Gasteiger partial charge in [0.25, 0.3) is 0 Å². The van der Waals surface area contributed by atoms with Gasteiger partial charge in [0, 0.05) is 5.41 Å². The lowest BCUT2D eigenvalue weighted by molar-refractivity contribution is -0.216. The summed E-state index contributed by atoms with van der Waals surface area (Å²) in [6.45, 7) is 20.1. The minimum Gasteiger partial charge on any atom is -0.479 e. The zero-order valence-electron chi connectivity index (χ0n) is 25.3. The fraction of sp³-hybridized carbons (Fsp3) is 0.848. The van der Waals surface area contributed by atoms with E-state index in [4.69, 9.17) is 9.73 Å². The van der Waals surface area contributed by atoms with Crippen molar-refractivity contribution in [3.8, 4) is 0 Å². The van der Waals surface area contributed by atoms with Gasteiger partial charge in [0.05, 0.1) is 17.1 Å². The molecular formula is C33H51NO5. The van der Waals surface area contributed by atoms with Crippen LogP contribution in [0.3, 0.4) is 0 Å². The van der Waals surface area contributed by atoms with Crippen molar-refractivity contribution in [2.45, 2.75) is 118 Å². The molecule has 0 aromatic carbocycles. The smallest absolute Gasteiger partial charge is 0.341 e. The number of rotatable bonds is 4. The van der Waals surface area contributed by atoms with E-state index < -0.39 is 18.0 Å². The monoisotopic (exact) mass is 541 g/mol. The standard InChI is InChI=1S/C33H51NO5/c1-20-9-15-32(27(38)39-19-25(36)37)18-17-29(5)22(26(32)21(20)2)10-16-33(34-8)30(6)13-12-24(35)28(3,4)23(30)11-14-31(29,33)7/h10,20-21,23-24,26,35H,8-9,11-19H2,1-7H3,(H,36,37). The molecule has 0 bridgehead atoms. The maximum absolute atomic E-state index is 13.7. The number of esters is 1. The second-order valence-electron chi connectivity index (χ2n) is 15.4. The van der Waals surface area contributed by atoms with Gasteiger partial charge in [0.1, 0.15) is 0 Å². The summed E-state index contributed by atoms with van der Waals surface area (Å²) in [5, 5.41) is 20.3. The third-order valence-corrected chi connectivity index (χ3v) is 14.2. The van der Waals surface area contributed by atoms with Crippen molar-refractivity contribution in [2.24, 2.45) is 55.7 Å². The second kappa shape index (κ2) is 8.90. The van der Waals surface area contributed by atoms with Crippen molar-refractivity contribution >= 4 is 18.7 Å². The molecule has 4 saturated carbocycles. The maximum atomic E-state index is 13.7. The molecule has 0 aromatic rings. The van der Waals surface area contributed by atoms with E-state index in [9.17, 15) is 19.8 Å². The largest absolute Gasteiger partial charge is 0.479 e. The van der Waals surface area contributed by atoms with E-state index in [1.54, 1.807) is 0 Å². The van der Waals surface area contributed by atoms with Gasteiger partial charge in [-0.3, -0.25) is 9.79 Å². The molecule has 218 valence electrons. The van der Waals surface area contributed by atoms with Gasteiger partial charge in [-0.2, -0.15) is 0 Å². The Bertz CT molecular complexity index is 1100. The Morgan fingerprint density at radius 2 is 1.72 bits per heavy atom. The number of allylic oxidation sites excluding steroid dienone is 1. The maximum Gasteiger partial charge on any atom is 0.341 e. The number of aliphatic imine (C=N–C) groups is 1. The van der Waals surface area contributed by atoms with E-state index in [-0.39, 0.29) is 45.2 Å². The summed E-state index contributed by atoms with van der Waals surface area (Å²) in [5.41, 5.74) is -0.205. The van der Waals surface area contributed by atoms with E-state index in [1.807, 2.05) is 0 Å². The Morgan fingerprint density at radius 1 is 1.03 bits per heavy atom. The Balaban J connectivity index is 1.65. The van der Waals surface area contributed by atoms with Crippen LogP contribution in [0.1, 0.15) is 106 Å². The zero-order chi connectivity index (χ0) is 28.8. The lowest BCUT2D eigenvalue weighted by atomic mass is 9.31. The van der Waals surface area contributed by atoms with Gasteiger partial charge in [0.2, 0.25) is 0 Å². The van der Waals surface area contributed by atoms with E-state index in [0.717, 1.165) is 51.4 Å².